The van der Waals surface area contributed by atoms with E-state index in [1.165, 1.54) is 0 Å². The molecule has 0 aliphatic heterocycles. The second-order valence-electron chi connectivity index (χ2n) is 0.620. The first-order chi connectivity index (χ1) is 3.15. The molecule has 6 heteroatoms. The maximum atomic E-state index is 7.60. The molecule has 0 bridgehead atoms. The van der Waals surface area contributed by atoms with Crippen molar-refractivity contribution in [2.75, 3.05) is 0 Å². The molecule has 0 spiro atoms. The van der Waals surface area contributed by atoms with Crippen LogP contribution in [0.3, 0.4) is 0 Å². The summed E-state index contributed by atoms with van der Waals surface area (Å²) in [7, 11) is -2.13. The summed E-state index contributed by atoms with van der Waals surface area (Å²) in [6.45, 7) is 3.01. The summed E-state index contributed by atoms with van der Waals surface area (Å²) in [4.78, 5) is 15.2. The minimum absolute atomic E-state index is 0. The zero-order valence-electron chi connectivity index (χ0n) is 5.32. The van der Waals surface area contributed by atoms with Crippen LogP contribution in [0, 0.1) is 19.3 Å². The van der Waals surface area contributed by atoms with E-state index in [1.807, 2.05) is 5.92 Å². The van der Waals surface area contributed by atoms with Crippen molar-refractivity contribution >= 4 is 14.3 Å². The van der Waals surface area contributed by atoms with Gasteiger partial charge in [0, 0.05) is 72.3 Å². The Morgan fingerprint density at radius 2 is 1.50 bits per heavy atom. The van der Waals surface area contributed by atoms with Gasteiger partial charge in [-0.25, -0.2) is 0 Å². The fourth-order valence-corrected chi connectivity index (χ4v) is 0. The standard InChI is InChI=1S/C3H3.CH5O2P.V.W.Y/c1-3-2;1-4(2)3;;;/h1H,2H2;2-4H,1H2;;;/q-1;;;;. The quantitative estimate of drug-likeness (QED) is 0.312. The monoisotopic (exact) mass is 443 g/mol. The van der Waals surface area contributed by atoms with Gasteiger partial charge >= 0.3 is 0 Å². The van der Waals surface area contributed by atoms with Crippen LogP contribution in [0.1, 0.15) is 0 Å². The molecule has 0 rings (SSSR count). The Morgan fingerprint density at radius 1 is 1.50 bits per heavy atom. The van der Waals surface area contributed by atoms with Crippen molar-refractivity contribution in [3.63, 3.8) is 0 Å². The topological polar surface area (TPSA) is 40.5 Å². The fourth-order valence-electron chi connectivity index (χ4n) is 0. The van der Waals surface area contributed by atoms with Gasteiger partial charge < -0.3 is 22.1 Å². The van der Waals surface area contributed by atoms with Gasteiger partial charge in [0.2, 0.25) is 0 Å². The molecule has 0 heterocycles. The van der Waals surface area contributed by atoms with E-state index < -0.39 is 8.00 Å². The van der Waals surface area contributed by atoms with Crippen molar-refractivity contribution in [3.8, 4) is 12.3 Å². The summed E-state index contributed by atoms with van der Waals surface area (Å²) in [6.07, 6.45) is 7.34. The van der Waals surface area contributed by atoms with Gasteiger partial charge in [0.05, 0.1) is 8.00 Å². The first-order valence-corrected chi connectivity index (χ1v) is 3.04. The molecular weight excluding hydrogens is 435 g/mol. The summed E-state index contributed by atoms with van der Waals surface area (Å²) in [5.41, 5.74) is 0. The van der Waals surface area contributed by atoms with Crippen LogP contribution in [-0.4, -0.2) is 16.1 Å². The van der Waals surface area contributed by atoms with Gasteiger partial charge in [-0.15, -0.1) is 0 Å². The summed E-state index contributed by atoms with van der Waals surface area (Å²) in [5.74, 6) is 2.00. The zero-order chi connectivity index (χ0) is 6.28. The SMILES string of the molecule is C#C[CH2-].C=[PH](O)O.[V].[W].[Y]. The summed E-state index contributed by atoms with van der Waals surface area (Å²) in [5, 5.41) is 0. The van der Waals surface area contributed by atoms with Gasteiger partial charge in [-0.2, -0.15) is 6.92 Å². The van der Waals surface area contributed by atoms with E-state index in [0.717, 1.165) is 0 Å². The Balaban J connectivity index is -0.0000000131. The zero-order valence-corrected chi connectivity index (χ0v) is 13.5. The molecule has 2 nitrogen and oxygen atoms in total. The van der Waals surface area contributed by atoms with E-state index in [1.54, 1.807) is 0 Å². The molecule has 0 aromatic heterocycles. The third-order valence-electron chi connectivity index (χ3n) is 0. The Bertz CT molecular complexity index is 91.7. The third kappa shape index (κ3) is 199. The maximum Gasteiger partial charge on any atom is 0.0986 e. The summed E-state index contributed by atoms with van der Waals surface area (Å²) in [6, 6.07) is 0. The van der Waals surface area contributed by atoms with Crippen molar-refractivity contribution in [2.45, 2.75) is 0 Å². The van der Waals surface area contributed by atoms with Crippen LogP contribution >= 0.6 is 8.00 Å². The largest absolute Gasteiger partial charge is 0.355 e. The Labute approximate surface area is 114 Å². The number of rotatable bonds is 0. The first kappa shape index (κ1) is 29.6. The smallest absolute Gasteiger partial charge is 0.0986 e. The Hall–Kier alpha value is 2.03. The van der Waals surface area contributed by atoms with Crippen molar-refractivity contribution in [3.05, 3.63) is 6.92 Å². The molecule has 0 atom stereocenters. The van der Waals surface area contributed by atoms with Crippen LogP contribution in [0.5, 0.6) is 0 Å². The predicted molar refractivity (Wildman–Crippen MR) is 34.1 cm³/mol. The van der Waals surface area contributed by atoms with Gasteiger partial charge in [-0.3, -0.25) is 0 Å². The minimum atomic E-state index is -2.13. The van der Waals surface area contributed by atoms with Crippen molar-refractivity contribution < 1.29 is 82.1 Å². The molecule has 0 amide bonds. The first-order valence-electron chi connectivity index (χ1n) is 1.44. The molecule has 0 aliphatic carbocycles. The summed E-state index contributed by atoms with van der Waals surface area (Å²) >= 11 is 0. The Kier molecular flexibility index (Phi) is 90.4. The van der Waals surface area contributed by atoms with Crippen LogP contribution in [0.4, 0.5) is 0 Å². The molecule has 0 saturated heterocycles. The molecule has 2 radical (unpaired) electrons. The average Bonchev–Trinajstić information content (AvgIpc) is 1.33. The van der Waals surface area contributed by atoms with E-state index in [2.05, 4.69) is 19.6 Å². The third-order valence-corrected chi connectivity index (χ3v) is 0. The fraction of sp³-hybridized carbons (Fsp3) is 0. The molecule has 0 saturated carbocycles. The van der Waals surface area contributed by atoms with E-state index >= 15 is 0 Å². The van der Waals surface area contributed by atoms with E-state index in [4.69, 9.17) is 9.79 Å². The van der Waals surface area contributed by atoms with E-state index in [-0.39, 0.29) is 72.3 Å². The van der Waals surface area contributed by atoms with Crippen molar-refractivity contribution in [2.24, 2.45) is 0 Å². The van der Waals surface area contributed by atoms with Gasteiger partial charge in [0.1, 0.15) is 0 Å². The van der Waals surface area contributed by atoms with Crippen LogP contribution in [0.15, 0.2) is 0 Å². The number of terminal acetylenes is 1. The molecule has 10 heavy (non-hydrogen) atoms. The second kappa shape index (κ2) is 30.5. The molecule has 0 aromatic rings. The van der Waals surface area contributed by atoms with Crippen LogP contribution in [0.25, 0.3) is 0 Å². The van der Waals surface area contributed by atoms with Crippen molar-refractivity contribution in [1.29, 1.82) is 0 Å². The van der Waals surface area contributed by atoms with Gasteiger partial charge in [-0.05, 0) is 0 Å². The maximum absolute atomic E-state index is 7.60. The average molecular weight is 443 g/mol. The molecule has 2 N–H and O–H groups in total. The van der Waals surface area contributed by atoms with Crippen LogP contribution < -0.4 is 0 Å². The van der Waals surface area contributed by atoms with Gasteiger partial charge in [-0.1, -0.05) is 6.30 Å². The predicted octanol–water partition coefficient (Wildman–Crippen LogP) is -0.107. The molecule has 0 aromatic carbocycles. The minimum Gasteiger partial charge on any atom is -0.355 e. The normalized spacial score (nSPS) is 4.20. The molecule has 0 aliphatic rings. The van der Waals surface area contributed by atoms with Gasteiger partial charge in [0.25, 0.3) is 0 Å². The van der Waals surface area contributed by atoms with E-state index in [9.17, 15) is 0 Å². The number of hydrogen-bond donors (Lipinski definition) is 2. The van der Waals surface area contributed by atoms with E-state index in [0.29, 0.717) is 0 Å². The molecule has 0 fully saturated rings. The molecule has 56 valence electrons. The van der Waals surface area contributed by atoms with Crippen LogP contribution in [0.2, 0.25) is 0 Å². The second-order valence-corrected chi connectivity index (χ2v) is 1.45. The Morgan fingerprint density at radius 3 is 1.50 bits per heavy atom. The van der Waals surface area contributed by atoms with Crippen LogP contribution in [-0.2, 0) is 72.3 Å². The van der Waals surface area contributed by atoms with Crippen molar-refractivity contribution in [1.82, 2.24) is 0 Å². The number of hydrogen-bond acceptors (Lipinski definition) is 2. The molecular formula is C4H8O2PVWY-. The molecule has 0 unspecified atom stereocenters. The summed E-state index contributed by atoms with van der Waals surface area (Å²) < 4.78 is 0. The van der Waals surface area contributed by atoms with Gasteiger partial charge in [0.15, 0.2) is 0 Å².